The number of rotatable bonds is 4. The molecule has 20 heavy (non-hydrogen) atoms. The number of nitrogens with zero attached hydrogens (tertiary/aromatic N) is 1. The molecule has 0 unspecified atom stereocenters. The SMILES string of the molecule is COc1cc(-c2cn[nH]c2N)c(OC)c(S(C)(=O)=O)c1. The zero-order valence-electron chi connectivity index (χ0n) is 11.3. The lowest BCUT2D eigenvalue weighted by Crippen LogP contribution is -2.03. The highest BCUT2D eigenvalue weighted by atomic mass is 32.2. The first-order valence-electron chi connectivity index (χ1n) is 5.63. The first kappa shape index (κ1) is 14.2. The van der Waals surface area contributed by atoms with Gasteiger partial charge in [-0.1, -0.05) is 0 Å². The van der Waals surface area contributed by atoms with Crippen molar-refractivity contribution in [1.29, 1.82) is 0 Å². The molecule has 0 atom stereocenters. The molecule has 108 valence electrons. The molecule has 1 aromatic heterocycles. The number of nitrogen functional groups attached to an aromatic ring is 1. The Hall–Kier alpha value is -2.22. The standard InChI is InChI=1S/C12H15N3O4S/c1-18-7-4-8(9-6-14-15-12(9)13)11(19-2)10(5-7)20(3,16)17/h4-6H,1-3H3,(H3,13,14,15). The minimum atomic E-state index is -3.48. The minimum Gasteiger partial charge on any atom is -0.497 e. The first-order valence-corrected chi connectivity index (χ1v) is 7.53. The van der Waals surface area contributed by atoms with Gasteiger partial charge in [-0.2, -0.15) is 5.10 Å². The van der Waals surface area contributed by atoms with Crippen molar-refractivity contribution in [2.45, 2.75) is 4.90 Å². The lowest BCUT2D eigenvalue weighted by Gasteiger charge is -2.14. The van der Waals surface area contributed by atoms with Crippen LogP contribution in [0.5, 0.6) is 11.5 Å². The Labute approximate surface area is 116 Å². The molecule has 0 fully saturated rings. The molecule has 0 saturated carbocycles. The average Bonchev–Trinajstić information content (AvgIpc) is 2.82. The van der Waals surface area contributed by atoms with Gasteiger partial charge in [-0.15, -0.1) is 0 Å². The van der Waals surface area contributed by atoms with Crippen molar-refractivity contribution < 1.29 is 17.9 Å². The number of aromatic nitrogens is 2. The summed E-state index contributed by atoms with van der Waals surface area (Å²) in [7, 11) is -0.627. The Morgan fingerprint density at radius 3 is 2.35 bits per heavy atom. The van der Waals surface area contributed by atoms with Crippen LogP contribution in [0.3, 0.4) is 0 Å². The van der Waals surface area contributed by atoms with Crippen LogP contribution in [-0.2, 0) is 9.84 Å². The molecule has 0 aliphatic rings. The van der Waals surface area contributed by atoms with Gasteiger partial charge in [0.2, 0.25) is 0 Å². The fourth-order valence-corrected chi connectivity index (χ4v) is 2.75. The monoisotopic (exact) mass is 297 g/mol. The van der Waals surface area contributed by atoms with Gasteiger partial charge in [0.15, 0.2) is 9.84 Å². The summed E-state index contributed by atoms with van der Waals surface area (Å²) in [6, 6.07) is 3.06. The van der Waals surface area contributed by atoms with E-state index < -0.39 is 9.84 Å². The van der Waals surface area contributed by atoms with Crippen LogP contribution in [0.15, 0.2) is 23.2 Å². The fraction of sp³-hybridized carbons (Fsp3) is 0.250. The van der Waals surface area contributed by atoms with Crippen molar-refractivity contribution in [2.75, 3.05) is 26.2 Å². The van der Waals surface area contributed by atoms with E-state index in [2.05, 4.69) is 10.2 Å². The van der Waals surface area contributed by atoms with Gasteiger partial charge in [-0.05, 0) is 6.07 Å². The Morgan fingerprint density at radius 2 is 1.90 bits per heavy atom. The molecule has 1 aromatic carbocycles. The van der Waals surface area contributed by atoms with Crippen LogP contribution in [0, 0.1) is 0 Å². The van der Waals surface area contributed by atoms with E-state index in [1.807, 2.05) is 0 Å². The van der Waals surface area contributed by atoms with E-state index in [4.69, 9.17) is 15.2 Å². The van der Waals surface area contributed by atoms with Crippen LogP contribution in [0.4, 0.5) is 5.82 Å². The molecule has 1 heterocycles. The van der Waals surface area contributed by atoms with E-state index in [1.165, 1.54) is 26.5 Å². The number of sulfone groups is 1. The van der Waals surface area contributed by atoms with E-state index in [1.54, 1.807) is 6.07 Å². The topological polar surface area (TPSA) is 107 Å². The third-order valence-corrected chi connectivity index (χ3v) is 3.93. The van der Waals surface area contributed by atoms with Crippen LogP contribution in [0.25, 0.3) is 11.1 Å². The van der Waals surface area contributed by atoms with E-state index in [9.17, 15) is 8.42 Å². The van der Waals surface area contributed by atoms with Gasteiger partial charge in [-0.3, -0.25) is 5.10 Å². The van der Waals surface area contributed by atoms with E-state index in [-0.39, 0.29) is 10.6 Å². The third-order valence-electron chi connectivity index (χ3n) is 2.83. The molecule has 8 heteroatoms. The van der Waals surface area contributed by atoms with Gasteiger partial charge in [0.25, 0.3) is 0 Å². The fourth-order valence-electron chi connectivity index (χ4n) is 1.89. The van der Waals surface area contributed by atoms with E-state index >= 15 is 0 Å². The molecule has 0 saturated heterocycles. The summed E-state index contributed by atoms with van der Waals surface area (Å²) in [5.41, 5.74) is 6.83. The van der Waals surface area contributed by atoms with E-state index in [0.717, 1.165) is 6.26 Å². The van der Waals surface area contributed by atoms with Crippen LogP contribution >= 0.6 is 0 Å². The zero-order valence-corrected chi connectivity index (χ0v) is 12.1. The Balaban J connectivity index is 2.83. The molecular formula is C12H15N3O4S. The molecule has 0 radical (unpaired) electrons. The lowest BCUT2D eigenvalue weighted by molar-refractivity contribution is 0.394. The average molecular weight is 297 g/mol. The maximum absolute atomic E-state index is 11.9. The molecule has 0 bridgehead atoms. The number of ether oxygens (including phenoxy) is 2. The Morgan fingerprint density at radius 1 is 1.20 bits per heavy atom. The Bertz CT molecular complexity index is 737. The summed E-state index contributed by atoms with van der Waals surface area (Å²) < 4.78 is 34.2. The smallest absolute Gasteiger partial charge is 0.179 e. The molecule has 0 aliphatic heterocycles. The predicted octanol–water partition coefficient (Wildman–Crippen LogP) is 1.08. The maximum Gasteiger partial charge on any atom is 0.179 e. The second-order valence-electron chi connectivity index (χ2n) is 4.18. The number of methoxy groups -OCH3 is 2. The van der Waals surface area contributed by atoms with Crippen LogP contribution in [-0.4, -0.2) is 39.1 Å². The molecule has 0 amide bonds. The highest BCUT2D eigenvalue weighted by molar-refractivity contribution is 7.90. The quantitative estimate of drug-likeness (QED) is 0.874. The van der Waals surface area contributed by atoms with Gasteiger partial charge < -0.3 is 15.2 Å². The van der Waals surface area contributed by atoms with E-state index in [0.29, 0.717) is 22.7 Å². The Kier molecular flexibility index (Phi) is 3.58. The van der Waals surface area contributed by atoms with Gasteiger partial charge in [0.05, 0.1) is 20.4 Å². The summed E-state index contributed by atoms with van der Waals surface area (Å²) in [6.45, 7) is 0. The second kappa shape index (κ2) is 5.04. The third kappa shape index (κ3) is 2.42. The molecule has 0 aliphatic carbocycles. The highest BCUT2D eigenvalue weighted by Crippen LogP contribution is 2.40. The number of hydrogen-bond donors (Lipinski definition) is 2. The highest BCUT2D eigenvalue weighted by Gasteiger charge is 2.22. The largest absolute Gasteiger partial charge is 0.497 e. The summed E-state index contributed by atoms with van der Waals surface area (Å²) in [5.74, 6) is 0.916. The van der Waals surface area contributed by atoms with Crippen molar-refractivity contribution in [3.05, 3.63) is 18.3 Å². The van der Waals surface area contributed by atoms with Crippen molar-refractivity contribution >= 4 is 15.7 Å². The predicted molar refractivity (Wildman–Crippen MR) is 74.6 cm³/mol. The normalized spacial score (nSPS) is 11.3. The van der Waals surface area contributed by atoms with Crippen molar-refractivity contribution in [1.82, 2.24) is 10.2 Å². The second-order valence-corrected chi connectivity index (χ2v) is 6.16. The van der Waals surface area contributed by atoms with Gasteiger partial charge in [-0.25, -0.2) is 8.42 Å². The molecule has 2 rings (SSSR count). The van der Waals surface area contributed by atoms with Crippen molar-refractivity contribution in [2.24, 2.45) is 0 Å². The summed E-state index contributed by atoms with van der Waals surface area (Å²) in [6.07, 6.45) is 2.60. The van der Waals surface area contributed by atoms with Crippen LogP contribution < -0.4 is 15.2 Å². The van der Waals surface area contributed by atoms with Crippen LogP contribution in [0.1, 0.15) is 0 Å². The molecule has 7 nitrogen and oxygen atoms in total. The van der Waals surface area contributed by atoms with Gasteiger partial charge in [0, 0.05) is 23.4 Å². The number of nitrogens with one attached hydrogen (secondary N) is 1. The number of aromatic amines is 1. The summed E-state index contributed by atoms with van der Waals surface area (Å²) in [5, 5.41) is 6.42. The molecular weight excluding hydrogens is 282 g/mol. The van der Waals surface area contributed by atoms with Gasteiger partial charge in [0.1, 0.15) is 22.2 Å². The number of anilines is 1. The molecule has 3 N–H and O–H groups in total. The summed E-state index contributed by atoms with van der Waals surface area (Å²) in [4.78, 5) is 0.0370. The number of nitrogens with two attached hydrogens (primary N) is 1. The van der Waals surface area contributed by atoms with Crippen LogP contribution in [0.2, 0.25) is 0 Å². The maximum atomic E-state index is 11.9. The van der Waals surface area contributed by atoms with Crippen molar-refractivity contribution in [3.8, 4) is 22.6 Å². The molecule has 2 aromatic rings. The number of benzene rings is 1. The minimum absolute atomic E-state index is 0.0370. The van der Waals surface area contributed by atoms with Gasteiger partial charge >= 0.3 is 0 Å². The zero-order chi connectivity index (χ0) is 14.9. The number of H-pyrrole nitrogens is 1. The number of hydrogen-bond acceptors (Lipinski definition) is 6. The lowest BCUT2D eigenvalue weighted by atomic mass is 10.1. The summed E-state index contributed by atoms with van der Waals surface area (Å²) >= 11 is 0. The van der Waals surface area contributed by atoms with Crippen molar-refractivity contribution in [3.63, 3.8) is 0 Å². The first-order chi connectivity index (χ1) is 9.38. The molecule has 0 spiro atoms.